The van der Waals surface area contributed by atoms with Gasteiger partial charge in [-0.1, -0.05) is 11.6 Å². The lowest BCUT2D eigenvalue weighted by atomic mass is 9.57. The van der Waals surface area contributed by atoms with Gasteiger partial charge in [0.1, 0.15) is 18.1 Å². The number of aliphatic hydroxyl groups is 1. The summed E-state index contributed by atoms with van der Waals surface area (Å²) in [4.78, 5) is 64.3. The van der Waals surface area contributed by atoms with Crippen LogP contribution in [-0.2, 0) is 25.8 Å². The lowest BCUT2D eigenvalue weighted by Gasteiger charge is -2.49. The number of rotatable bonds is 4. The van der Waals surface area contributed by atoms with E-state index in [-0.39, 0.29) is 36.1 Å². The van der Waals surface area contributed by atoms with Gasteiger partial charge in [0.05, 0.1) is 23.4 Å². The van der Waals surface area contributed by atoms with Gasteiger partial charge in [0.15, 0.2) is 15.5 Å². The Labute approximate surface area is 233 Å². The number of furan rings is 1. The molecule has 4 aliphatic rings. The van der Waals surface area contributed by atoms with Crippen LogP contribution in [0.4, 0.5) is 5.69 Å². The summed E-state index contributed by atoms with van der Waals surface area (Å²) in [7, 11) is 1.31. The lowest BCUT2D eigenvalue weighted by molar-refractivity contribution is -0.138. The molecule has 6 atom stereocenters. The molecule has 9 nitrogen and oxygen atoms in total. The third kappa shape index (κ3) is 3.27. The number of halogens is 2. The van der Waals surface area contributed by atoms with E-state index in [2.05, 4.69) is 0 Å². The fourth-order valence-corrected chi connectivity index (χ4v) is 7.79. The van der Waals surface area contributed by atoms with E-state index in [1.54, 1.807) is 36.4 Å². The second kappa shape index (κ2) is 8.61. The number of nitrogens with zero attached hydrogens (tertiary/aromatic N) is 2. The highest BCUT2D eigenvalue weighted by Crippen LogP contribution is 2.65. The third-order valence-electron chi connectivity index (χ3n) is 8.67. The lowest BCUT2D eigenvalue weighted by Crippen LogP contribution is -2.60. The monoisotopic (exact) mass is 570 g/mol. The number of allylic oxidation sites excluding steroid dienone is 2. The minimum absolute atomic E-state index is 0.125. The van der Waals surface area contributed by atoms with Crippen LogP contribution in [0.3, 0.4) is 0 Å². The largest absolute Gasteiger partial charge is 0.463 e. The van der Waals surface area contributed by atoms with Crippen molar-refractivity contribution in [2.24, 2.45) is 17.8 Å². The van der Waals surface area contributed by atoms with Gasteiger partial charge in [-0.25, -0.2) is 0 Å². The van der Waals surface area contributed by atoms with Gasteiger partial charge in [-0.05, 0) is 62.1 Å². The van der Waals surface area contributed by atoms with E-state index in [0.717, 1.165) is 9.80 Å². The van der Waals surface area contributed by atoms with Gasteiger partial charge in [-0.15, -0.1) is 23.2 Å². The van der Waals surface area contributed by atoms with Crippen molar-refractivity contribution in [2.45, 2.75) is 42.0 Å². The number of hydrogen-bond acceptors (Lipinski definition) is 7. The average molecular weight is 571 g/mol. The number of benzene rings is 1. The smallest absolute Gasteiger partial charge is 0.253 e. The number of fused-ring (bicyclic) bond motifs is 4. The van der Waals surface area contributed by atoms with Crippen LogP contribution in [-0.4, -0.2) is 56.2 Å². The molecule has 1 aromatic heterocycles. The minimum atomic E-state index is -1.94. The molecule has 1 N–H and O–H groups in total. The van der Waals surface area contributed by atoms with E-state index in [1.807, 2.05) is 6.08 Å². The van der Waals surface area contributed by atoms with Crippen LogP contribution in [0, 0.1) is 17.8 Å². The summed E-state index contributed by atoms with van der Waals surface area (Å²) in [6, 6.07) is 9.36. The standard InChI is InChI=1S/C28H24Cl2N2O7/c1-13(34)14-3-5-15(6-4-14)32-23(35)18-9-8-17-19(21(18)24(32)36)11-27(29)25(37)31(2)26(38)28(27,30)22(17)20-10-7-16(12-33)39-20/h3-8,10,18-19,21-22,33H,9,11-12H2,1-2H3/t18-,19+,21-,22+,27+,28-/m0/s1. The number of aliphatic hydroxyl groups excluding tert-OH is 1. The summed E-state index contributed by atoms with van der Waals surface area (Å²) >= 11 is 14.1. The molecule has 202 valence electrons. The van der Waals surface area contributed by atoms with Crippen LogP contribution in [0.25, 0.3) is 0 Å². The molecular formula is C28H24Cl2N2O7. The molecule has 0 bridgehead atoms. The van der Waals surface area contributed by atoms with Crippen LogP contribution < -0.4 is 4.90 Å². The fourth-order valence-electron chi connectivity index (χ4n) is 6.79. The van der Waals surface area contributed by atoms with Crippen molar-refractivity contribution in [1.82, 2.24) is 4.90 Å². The first kappa shape index (κ1) is 26.0. The number of ketones is 1. The van der Waals surface area contributed by atoms with Gasteiger partial charge in [-0.2, -0.15) is 0 Å². The van der Waals surface area contributed by atoms with Gasteiger partial charge < -0.3 is 9.52 Å². The molecule has 2 aliphatic carbocycles. The summed E-state index contributed by atoms with van der Waals surface area (Å²) in [5.74, 6) is -5.09. The van der Waals surface area contributed by atoms with E-state index < -0.39 is 57.7 Å². The normalized spacial score (nSPS) is 33.7. The molecule has 0 spiro atoms. The molecule has 2 aromatic rings. The number of likely N-dealkylation sites (tertiary alicyclic amines) is 1. The van der Waals surface area contributed by atoms with Crippen LogP contribution in [0.5, 0.6) is 0 Å². The first-order valence-electron chi connectivity index (χ1n) is 12.5. The highest BCUT2D eigenvalue weighted by molar-refractivity contribution is 6.53. The maximum Gasteiger partial charge on any atom is 0.253 e. The van der Waals surface area contributed by atoms with E-state index in [0.29, 0.717) is 16.8 Å². The Kier molecular flexibility index (Phi) is 5.74. The average Bonchev–Trinajstić information content (AvgIpc) is 3.53. The molecule has 0 unspecified atom stereocenters. The third-order valence-corrected chi connectivity index (χ3v) is 10.1. The Balaban J connectivity index is 1.47. The molecule has 6 rings (SSSR count). The fraction of sp³-hybridized carbons (Fsp3) is 0.393. The zero-order chi connectivity index (χ0) is 28.0. The molecule has 1 saturated carbocycles. The van der Waals surface area contributed by atoms with Crippen LogP contribution >= 0.6 is 23.2 Å². The zero-order valence-electron chi connectivity index (χ0n) is 21.0. The van der Waals surface area contributed by atoms with Crippen molar-refractivity contribution < 1.29 is 33.5 Å². The number of hydrogen-bond donors (Lipinski definition) is 1. The minimum Gasteiger partial charge on any atom is -0.463 e. The predicted octanol–water partition coefficient (Wildman–Crippen LogP) is 3.17. The molecule has 2 saturated heterocycles. The molecule has 2 aliphatic heterocycles. The number of carbonyl (C=O) groups is 5. The van der Waals surface area contributed by atoms with Crippen LogP contribution in [0.15, 0.2) is 52.5 Å². The Bertz CT molecular complexity index is 1500. The summed E-state index contributed by atoms with van der Waals surface area (Å²) < 4.78 is 5.83. The number of amides is 4. The first-order valence-corrected chi connectivity index (χ1v) is 13.3. The Morgan fingerprint density at radius 3 is 2.33 bits per heavy atom. The van der Waals surface area contributed by atoms with Gasteiger partial charge in [-0.3, -0.25) is 33.8 Å². The number of anilines is 1. The molecule has 1 aromatic carbocycles. The van der Waals surface area contributed by atoms with Gasteiger partial charge in [0, 0.05) is 12.6 Å². The zero-order valence-corrected chi connectivity index (χ0v) is 22.5. The van der Waals surface area contributed by atoms with Crippen molar-refractivity contribution in [3.63, 3.8) is 0 Å². The quantitative estimate of drug-likeness (QED) is 0.259. The SMILES string of the molecule is CC(=O)c1ccc(N2C(=O)[C@H]3[C@H](CC=C4[C@H]3C[C@@]3(Cl)C(=O)N(C)C(=O)[C@@]3(Cl)[C@H]4c3ccc(CO)o3)C2=O)cc1. The summed E-state index contributed by atoms with van der Waals surface area (Å²) in [6.45, 7) is 1.04. The second-order valence-electron chi connectivity index (χ2n) is 10.6. The van der Waals surface area contributed by atoms with Gasteiger partial charge >= 0.3 is 0 Å². The summed E-state index contributed by atoms with van der Waals surface area (Å²) in [5.41, 5.74) is 1.40. The Morgan fingerprint density at radius 1 is 1.03 bits per heavy atom. The summed E-state index contributed by atoms with van der Waals surface area (Å²) in [5, 5.41) is 9.59. The van der Waals surface area contributed by atoms with Crippen molar-refractivity contribution >= 4 is 58.3 Å². The molecular weight excluding hydrogens is 547 g/mol. The van der Waals surface area contributed by atoms with E-state index in [4.69, 9.17) is 27.6 Å². The number of carbonyl (C=O) groups excluding carboxylic acids is 5. The number of alkyl halides is 2. The van der Waals surface area contributed by atoms with E-state index in [9.17, 15) is 29.1 Å². The Morgan fingerprint density at radius 2 is 1.72 bits per heavy atom. The van der Waals surface area contributed by atoms with Gasteiger partial charge in [0.2, 0.25) is 11.8 Å². The maximum absolute atomic E-state index is 13.9. The molecule has 0 radical (unpaired) electrons. The highest BCUT2D eigenvalue weighted by atomic mass is 35.5. The first-order chi connectivity index (χ1) is 18.5. The summed E-state index contributed by atoms with van der Waals surface area (Å²) in [6.07, 6.45) is 1.90. The predicted molar refractivity (Wildman–Crippen MR) is 139 cm³/mol. The van der Waals surface area contributed by atoms with Crippen molar-refractivity contribution in [1.29, 1.82) is 0 Å². The second-order valence-corrected chi connectivity index (χ2v) is 11.8. The number of imide groups is 2. The van der Waals surface area contributed by atoms with E-state index >= 15 is 0 Å². The molecule has 11 heteroatoms. The Hall–Kier alpha value is -3.27. The van der Waals surface area contributed by atoms with Crippen molar-refractivity contribution in [3.8, 4) is 0 Å². The van der Waals surface area contributed by atoms with Crippen molar-refractivity contribution in [2.75, 3.05) is 11.9 Å². The van der Waals surface area contributed by atoms with Crippen LogP contribution in [0.2, 0.25) is 0 Å². The van der Waals surface area contributed by atoms with Crippen LogP contribution in [0.1, 0.15) is 47.6 Å². The molecule has 3 heterocycles. The van der Waals surface area contributed by atoms with Crippen molar-refractivity contribution in [3.05, 3.63) is 65.1 Å². The van der Waals surface area contributed by atoms with Gasteiger partial charge in [0.25, 0.3) is 11.8 Å². The van der Waals surface area contributed by atoms with E-state index in [1.165, 1.54) is 14.0 Å². The molecule has 4 amide bonds. The number of Topliss-reactive ketones (excluding diaryl/α,β-unsaturated/α-hetero) is 1. The topological polar surface area (TPSA) is 125 Å². The molecule has 39 heavy (non-hydrogen) atoms. The molecule has 3 fully saturated rings. The highest BCUT2D eigenvalue weighted by Gasteiger charge is 2.76. The maximum atomic E-state index is 13.9.